The van der Waals surface area contributed by atoms with Gasteiger partial charge in [0.05, 0.1) is 10.8 Å². The van der Waals surface area contributed by atoms with E-state index in [2.05, 4.69) is 0 Å². The van der Waals surface area contributed by atoms with E-state index in [1.54, 1.807) is 36.0 Å². The van der Waals surface area contributed by atoms with Gasteiger partial charge >= 0.3 is 0 Å². The van der Waals surface area contributed by atoms with Crippen LogP contribution >= 0.6 is 11.8 Å². The molecule has 14 heavy (non-hydrogen) atoms. The minimum Gasteiger partial charge on any atom is -0.207 e. The minimum atomic E-state index is -3.23. The monoisotopic (exact) mass is 229 g/mol. The van der Waals surface area contributed by atoms with Gasteiger partial charge in [0.1, 0.15) is 0 Å². The van der Waals surface area contributed by atoms with E-state index in [1.165, 1.54) is 4.31 Å². The lowest BCUT2D eigenvalue weighted by atomic mass is 10.4. The predicted molar refractivity (Wildman–Crippen MR) is 57.7 cm³/mol. The molecule has 3 nitrogen and oxygen atoms in total. The number of thioether (sulfide) groups is 1. The number of rotatable bonds is 2. The Morgan fingerprint density at radius 1 is 1.21 bits per heavy atom. The maximum absolute atomic E-state index is 11.9. The summed E-state index contributed by atoms with van der Waals surface area (Å²) in [5, 5.41) is 0. The fourth-order valence-electron chi connectivity index (χ4n) is 1.33. The Bertz CT molecular complexity index is 396. The second-order valence-corrected chi connectivity index (χ2v) is 6.04. The third kappa shape index (κ3) is 1.80. The molecule has 1 saturated heterocycles. The van der Waals surface area contributed by atoms with Gasteiger partial charge in [0.25, 0.3) is 0 Å². The first kappa shape index (κ1) is 10.0. The molecule has 0 N–H and O–H groups in total. The van der Waals surface area contributed by atoms with Gasteiger partial charge in [-0.1, -0.05) is 18.2 Å². The van der Waals surface area contributed by atoms with Crippen LogP contribution in [0.3, 0.4) is 0 Å². The molecule has 0 spiro atoms. The topological polar surface area (TPSA) is 37.4 Å². The molecule has 0 radical (unpaired) electrons. The maximum atomic E-state index is 11.9. The van der Waals surface area contributed by atoms with Gasteiger partial charge in [0, 0.05) is 12.3 Å². The van der Waals surface area contributed by atoms with E-state index in [1.807, 2.05) is 6.07 Å². The van der Waals surface area contributed by atoms with E-state index < -0.39 is 10.0 Å². The third-order valence-corrected chi connectivity index (χ3v) is 5.09. The Labute approximate surface area is 88.2 Å². The summed E-state index contributed by atoms with van der Waals surface area (Å²) in [5.41, 5.74) is 0. The van der Waals surface area contributed by atoms with E-state index >= 15 is 0 Å². The normalized spacial score (nSPS) is 18.6. The zero-order chi connectivity index (χ0) is 10.0. The first-order valence-electron chi connectivity index (χ1n) is 4.34. The van der Waals surface area contributed by atoms with Crippen LogP contribution in [0.2, 0.25) is 0 Å². The Hall–Kier alpha value is -0.520. The molecule has 0 aliphatic carbocycles. The highest BCUT2D eigenvalue weighted by molar-refractivity contribution is 8.00. The Kier molecular flexibility index (Phi) is 2.80. The van der Waals surface area contributed by atoms with Gasteiger partial charge in [-0.15, -0.1) is 11.8 Å². The van der Waals surface area contributed by atoms with Gasteiger partial charge in [-0.3, -0.25) is 0 Å². The van der Waals surface area contributed by atoms with Crippen LogP contribution < -0.4 is 0 Å². The molecule has 0 aromatic heterocycles. The van der Waals surface area contributed by atoms with Crippen LogP contribution in [0, 0.1) is 0 Å². The van der Waals surface area contributed by atoms with Crippen molar-refractivity contribution in [3.63, 3.8) is 0 Å². The van der Waals surface area contributed by atoms with Crippen LogP contribution in [-0.4, -0.2) is 30.9 Å². The lowest BCUT2D eigenvalue weighted by Crippen LogP contribution is -2.27. The lowest BCUT2D eigenvalue weighted by Gasteiger charge is -2.14. The maximum Gasteiger partial charge on any atom is 0.243 e. The van der Waals surface area contributed by atoms with Gasteiger partial charge in [0.2, 0.25) is 10.0 Å². The van der Waals surface area contributed by atoms with E-state index in [4.69, 9.17) is 0 Å². The van der Waals surface area contributed by atoms with Crippen molar-refractivity contribution in [1.82, 2.24) is 4.31 Å². The SMILES string of the molecule is O=S(=O)(c1ccccc1)N1CCSC1. The van der Waals surface area contributed by atoms with Gasteiger partial charge < -0.3 is 0 Å². The molecule has 0 atom stereocenters. The molecule has 0 unspecified atom stereocenters. The van der Waals surface area contributed by atoms with E-state index in [0.717, 1.165) is 5.75 Å². The van der Waals surface area contributed by atoms with Crippen molar-refractivity contribution >= 4 is 21.8 Å². The van der Waals surface area contributed by atoms with Crippen molar-refractivity contribution in [3.05, 3.63) is 30.3 Å². The van der Waals surface area contributed by atoms with Crippen molar-refractivity contribution in [1.29, 1.82) is 0 Å². The molecule has 1 aliphatic rings. The van der Waals surface area contributed by atoms with Gasteiger partial charge in [-0.2, -0.15) is 4.31 Å². The highest BCUT2D eigenvalue weighted by Crippen LogP contribution is 2.22. The molecule has 76 valence electrons. The van der Waals surface area contributed by atoms with Crippen LogP contribution in [0.25, 0.3) is 0 Å². The molecular weight excluding hydrogens is 218 g/mol. The number of sulfonamides is 1. The Morgan fingerprint density at radius 3 is 2.50 bits per heavy atom. The van der Waals surface area contributed by atoms with Crippen molar-refractivity contribution < 1.29 is 8.42 Å². The molecule has 5 heteroatoms. The van der Waals surface area contributed by atoms with Crippen LogP contribution in [0.5, 0.6) is 0 Å². The molecule has 1 fully saturated rings. The van der Waals surface area contributed by atoms with E-state index in [-0.39, 0.29) is 0 Å². The highest BCUT2D eigenvalue weighted by atomic mass is 32.2. The molecule has 1 aliphatic heterocycles. The fourth-order valence-corrected chi connectivity index (χ4v) is 4.16. The van der Waals surface area contributed by atoms with Crippen LogP contribution in [0.4, 0.5) is 0 Å². The number of benzene rings is 1. The van der Waals surface area contributed by atoms with Crippen LogP contribution in [0.1, 0.15) is 0 Å². The molecule has 0 saturated carbocycles. The average molecular weight is 229 g/mol. The summed E-state index contributed by atoms with van der Waals surface area (Å²) in [6, 6.07) is 8.58. The molecule has 2 rings (SSSR count). The van der Waals surface area contributed by atoms with Gasteiger partial charge in [-0.25, -0.2) is 8.42 Å². The zero-order valence-corrected chi connectivity index (χ0v) is 9.22. The molecule has 0 bridgehead atoms. The van der Waals surface area contributed by atoms with Gasteiger partial charge in [-0.05, 0) is 12.1 Å². The molecule has 1 aromatic rings. The number of hydrogen-bond acceptors (Lipinski definition) is 3. The molecule has 1 aromatic carbocycles. The molecular formula is C9H11NO2S2. The summed E-state index contributed by atoms with van der Waals surface area (Å²) in [7, 11) is -3.23. The number of hydrogen-bond donors (Lipinski definition) is 0. The number of nitrogens with zero attached hydrogens (tertiary/aromatic N) is 1. The van der Waals surface area contributed by atoms with Gasteiger partial charge in [0.15, 0.2) is 0 Å². The highest BCUT2D eigenvalue weighted by Gasteiger charge is 2.26. The second kappa shape index (κ2) is 3.92. The summed E-state index contributed by atoms with van der Waals surface area (Å²) in [6.45, 7) is 0.627. The zero-order valence-electron chi connectivity index (χ0n) is 7.59. The van der Waals surface area contributed by atoms with E-state index in [9.17, 15) is 8.42 Å². The summed E-state index contributed by atoms with van der Waals surface area (Å²) >= 11 is 1.65. The first-order valence-corrected chi connectivity index (χ1v) is 6.94. The smallest absolute Gasteiger partial charge is 0.207 e. The van der Waals surface area contributed by atoms with Crippen LogP contribution in [-0.2, 0) is 10.0 Å². The fraction of sp³-hybridized carbons (Fsp3) is 0.333. The molecule has 0 amide bonds. The predicted octanol–water partition coefficient (Wildman–Crippen LogP) is 1.38. The van der Waals surface area contributed by atoms with E-state index in [0.29, 0.717) is 17.3 Å². The second-order valence-electron chi connectivity index (χ2n) is 3.03. The third-order valence-electron chi connectivity index (χ3n) is 2.10. The summed E-state index contributed by atoms with van der Waals surface area (Å²) < 4.78 is 25.4. The summed E-state index contributed by atoms with van der Waals surface area (Å²) in [4.78, 5) is 0.391. The van der Waals surface area contributed by atoms with Crippen molar-refractivity contribution in [2.75, 3.05) is 18.2 Å². The first-order chi connectivity index (χ1) is 6.71. The largest absolute Gasteiger partial charge is 0.243 e. The average Bonchev–Trinajstić information content (AvgIpc) is 2.72. The lowest BCUT2D eigenvalue weighted by molar-refractivity contribution is 0.489. The quantitative estimate of drug-likeness (QED) is 0.769. The Morgan fingerprint density at radius 2 is 1.93 bits per heavy atom. The van der Waals surface area contributed by atoms with Crippen molar-refractivity contribution in [2.45, 2.75) is 4.90 Å². The van der Waals surface area contributed by atoms with Crippen molar-refractivity contribution in [2.24, 2.45) is 0 Å². The Balaban J connectivity index is 2.33. The standard InChI is InChI=1S/C9H11NO2S2/c11-14(12,10-6-7-13-8-10)9-4-2-1-3-5-9/h1-5H,6-8H2. The van der Waals surface area contributed by atoms with Crippen LogP contribution in [0.15, 0.2) is 35.2 Å². The minimum absolute atomic E-state index is 0.391. The van der Waals surface area contributed by atoms with Crippen molar-refractivity contribution in [3.8, 4) is 0 Å². The summed E-state index contributed by atoms with van der Waals surface area (Å²) in [5.74, 6) is 1.48. The summed E-state index contributed by atoms with van der Waals surface area (Å²) in [6.07, 6.45) is 0. The molecule has 1 heterocycles.